The van der Waals surface area contributed by atoms with Crippen molar-refractivity contribution < 1.29 is 0 Å². The molecule has 11 heavy (non-hydrogen) atoms. The van der Waals surface area contributed by atoms with Crippen LogP contribution in [0.15, 0.2) is 46.7 Å². The van der Waals surface area contributed by atoms with Gasteiger partial charge >= 0.3 is 0 Å². The number of dihydropyridines is 1. The number of aliphatic imine (C=N–C) groups is 2. The minimum absolute atomic E-state index is 0.714. The predicted octanol–water partition coefficient (Wildman–Crippen LogP) is 2.12. The smallest absolute Gasteiger partial charge is 0.0880 e. The molecule has 1 aliphatic rings. The molecule has 0 radical (unpaired) electrons. The van der Waals surface area contributed by atoms with Gasteiger partial charge in [0.05, 0.1) is 11.4 Å². The maximum absolute atomic E-state index is 4.12. The van der Waals surface area contributed by atoms with E-state index in [2.05, 4.69) is 16.6 Å². The summed E-state index contributed by atoms with van der Waals surface area (Å²) in [6, 6.07) is 0. The minimum Gasteiger partial charge on any atom is -0.255 e. The Hall–Kier alpha value is -1.44. The van der Waals surface area contributed by atoms with E-state index in [-0.39, 0.29) is 0 Å². The molecular weight excluding hydrogens is 136 g/mol. The van der Waals surface area contributed by atoms with Crippen molar-refractivity contribution in [1.29, 1.82) is 0 Å². The van der Waals surface area contributed by atoms with Crippen LogP contribution in [0.1, 0.15) is 6.92 Å². The van der Waals surface area contributed by atoms with Crippen molar-refractivity contribution in [3.8, 4) is 0 Å². The topological polar surface area (TPSA) is 24.7 Å². The van der Waals surface area contributed by atoms with Gasteiger partial charge in [-0.15, -0.1) is 0 Å². The molecule has 0 aromatic rings. The quantitative estimate of drug-likeness (QED) is 0.541. The average molecular weight is 146 g/mol. The highest BCUT2D eigenvalue weighted by atomic mass is 14.8. The summed E-state index contributed by atoms with van der Waals surface area (Å²) in [6.45, 7) is 5.65. The zero-order valence-electron chi connectivity index (χ0n) is 6.49. The van der Waals surface area contributed by atoms with Gasteiger partial charge in [-0.2, -0.15) is 0 Å². The summed E-state index contributed by atoms with van der Waals surface area (Å²) < 4.78 is 0. The van der Waals surface area contributed by atoms with Crippen LogP contribution in [0.3, 0.4) is 0 Å². The summed E-state index contributed by atoms with van der Waals surface area (Å²) >= 11 is 0. The molecule has 0 N–H and O–H groups in total. The summed E-state index contributed by atoms with van der Waals surface area (Å²) in [5.74, 6) is 0. The van der Waals surface area contributed by atoms with Crippen molar-refractivity contribution in [2.24, 2.45) is 9.98 Å². The van der Waals surface area contributed by atoms with Gasteiger partial charge in [0.1, 0.15) is 0 Å². The van der Waals surface area contributed by atoms with E-state index < -0.39 is 0 Å². The van der Waals surface area contributed by atoms with Gasteiger partial charge in [-0.25, -0.2) is 0 Å². The zero-order valence-corrected chi connectivity index (χ0v) is 6.49. The lowest BCUT2D eigenvalue weighted by Gasteiger charge is -2.00. The van der Waals surface area contributed by atoms with Crippen LogP contribution in [-0.4, -0.2) is 11.9 Å². The lowest BCUT2D eigenvalue weighted by molar-refractivity contribution is 1.43. The fourth-order valence-corrected chi connectivity index (χ4v) is 0.702. The van der Waals surface area contributed by atoms with E-state index >= 15 is 0 Å². The predicted molar refractivity (Wildman–Crippen MR) is 49.0 cm³/mol. The first-order chi connectivity index (χ1) is 5.34. The highest BCUT2D eigenvalue weighted by Crippen LogP contribution is 2.02. The van der Waals surface area contributed by atoms with Gasteiger partial charge in [-0.05, 0) is 19.1 Å². The third-order valence-corrected chi connectivity index (χ3v) is 1.23. The van der Waals surface area contributed by atoms with Crippen LogP contribution in [0.5, 0.6) is 0 Å². The molecule has 56 valence electrons. The molecule has 0 bridgehead atoms. The Bertz CT molecular complexity index is 267. The van der Waals surface area contributed by atoms with Crippen LogP contribution < -0.4 is 0 Å². The summed E-state index contributed by atoms with van der Waals surface area (Å²) in [5, 5.41) is 0. The van der Waals surface area contributed by atoms with Crippen molar-refractivity contribution in [3.63, 3.8) is 0 Å². The average Bonchev–Trinajstić information content (AvgIpc) is 2.03. The van der Waals surface area contributed by atoms with E-state index in [1.54, 1.807) is 12.4 Å². The molecule has 0 spiro atoms. The van der Waals surface area contributed by atoms with Crippen molar-refractivity contribution >= 4 is 11.9 Å². The molecule has 0 saturated carbocycles. The molecule has 0 aromatic carbocycles. The van der Waals surface area contributed by atoms with E-state index in [0.717, 1.165) is 5.71 Å². The fourth-order valence-electron chi connectivity index (χ4n) is 0.702. The molecule has 0 aliphatic carbocycles. The lowest BCUT2D eigenvalue weighted by atomic mass is 10.2. The molecule has 0 unspecified atom stereocenters. The molecular formula is C9H10N2. The lowest BCUT2D eigenvalue weighted by Crippen LogP contribution is -1.98. The van der Waals surface area contributed by atoms with Crippen LogP contribution in [0.4, 0.5) is 0 Å². The number of hydrogen-bond donors (Lipinski definition) is 0. The van der Waals surface area contributed by atoms with Gasteiger partial charge in [0.25, 0.3) is 0 Å². The monoisotopic (exact) mass is 146 g/mol. The summed E-state index contributed by atoms with van der Waals surface area (Å²) in [6.07, 6.45) is 9.03. The van der Waals surface area contributed by atoms with E-state index in [0.29, 0.717) is 5.70 Å². The van der Waals surface area contributed by atoms with Crippen molar-refractivity contribution in [2.45, 2.75) is 6.92 Å². The Balaban J connectivity index is 2.81. The zero-order chi connectivity index (χ0) is 8.10. The molecule has 0 saturated heterocycles. The summed E-state index contributed by atoms with van der Waals surface area (Å²) in [4.78, 5) is 8.11. The van der Waals surface area contributed by atoms with Crippen molar-refractivity contribution in [3.05, 3.63) is 36.7 Å². The molecule has 0 atom stereocenters. The second-order valence-electron chi connectivity index (χ2n) is 2.08. The molecule has 0 aromatic heterocycles. The Kier molecular flexibility index (Phi) is 2.55. The highest BCUT2D eigenvalue weighted by Gasteiger charge is 1.99. The molecule has 1 rings (SSSR count). The molecule has 1 heterocycles. The maximum Gasteiger partial charge on any atom is 0.0880 e. The number of nitrogens with zero attached hydrogens (tertiary/aromatic N) is 2. The largest absolute Gasteiger partial charge is 0.255 e. The second kappa shape index (κ2) is 3.66. The molecule has 2 nitrogen and oxygen atoms in total. The first-order valence-electron chi connectivity index (χ1n) is 3.43. The van der Waals surface area contributed by atoms with Gasteiger partial charge in [0.15, 0.2) is 0 Å². The Labute approximate surface area is 66.4 Å². The third-order valence-electron chi connectivity index (χ3n) is 1.23. The molecule has 2 heteroatoms. The van der Waals surface area contributed by atoms with Gasteiger partial charge < -0.3 is 0 Å². The van der Waals surface area contributed by atoms with E-state index in [1.807, 2.05) is 25.2 Å². The number of allylic oxidation sites excluding steroid dienone is 3. The standard InChI is InChI=1S/C9H10N2/c1-3-6-11-9-5-4-7-10-8(9)2/h3-7H,2H2,1H3/b6-3-,11-9?. The summed E-state index contributed by atoms with van der Waals surface area (Å²) in [7, 11) is 0. The fraction of sp³-hybridized carbons (Fsp3) is 0.111. The number of rotatable bonds is 1. The van der Waals surface area contributed by atoms with Crippen molar-refractivity contribution in [2.75, 3.05) is 0 Å². The van der Waals surface area contributed by atoms with Gasteiger partial charge in [0.2, 0.25) is 0 Å². The van der Waals surface area contributed by atoms with Gasteiger partial charge in [-0.1, -0.05) is 12.7 Å². The first kappa shape index (κ1) is 7.66. The van der Waals surface area contributed by atoms with Crippen LogP contribution in [-0.2, 0) is 0 Å². The maximum atomic E-state index is 4.12. The van der Waals surface area contributed by atoms with Crippen LogP contribution in [0, 0.1) is 0 Å². The second-order valence-corrected chi connectivity index (χ2v) is 2.08. The molecule has 0 fully saturated rings. The van der Waals surface area contributed by atoms with Crippen LogP contribution >= 0.6 is 0 Å². The molecule has 0 amide bonds. The van der Waals surface area contributed by atoms with E-state index in [9.17, 15) is 0 Å². The SMILES string of the molecule is C=C1N=CC=CC1=N/C=C\C. The van der Waals surface area contributed by atoms with Crippen LogP contribution in [0.25, 0.3) is 0 Å². The van der Waals surface area contributed by atoms with Crippen LogP contribution in [0.2, 0.25) is 0 Å². The first-order valence-corrected chi connectivity index (χ1v) is 3.43. The highest BCUT2D eigenvalue weighted by molar-refractivity contribution is 6.12. The Morgan fingerprint density at radius 3 is 3.09 bits per heavy atom. The summed E-state index contributed by atoms with van der Waals surface area (Å²) in [5.41, 5.74) is 1.54. The van der Waals surface area contributed by atoms with Gasteiger partial charge in [-0.3, -0.25) is 9.98 Å². The normalized spacial score (nSPS) is 20.5. The van der Waals surface area contributed by atoms with Gasteiger partial charge in [0, 0.05) is 12.4 Å². The van der Waals surface area contributed by atoms with E-state index in [4.69, 9.17) is 0 Å². The number of hydrogen-bond acceptors (Lipinski definition) is 2. The Morgan fingerprint density at radius 2 is 2.45 bits per heavy atom. The van der Waals surface area contributed by atoms with E-state index in [1.165, 1.54) is 0 Å². The minimum atomic E-state index is 0.714. The molecule has 1 aliphatic heterocycles. The Morgan fingerprint density at radius 1 is 1.64 bits per heavy atom. The van der Waals surface area contributed by atoms with Crippen molar-refractivity contribution in [1.82, 2.24) is 0 Å². The third kappa shape index (κ3) is 2.00.